The van der Waals surface area contributed by atoms with E-state index in [4.69, 9.17) is 21.1 Å². The average molecular weight is 391 g/mol. The number of sulfonamides is 1. The molecule has 25 heavy (non-hydrogen) atoms. The van der Waals surface area contributed by atoms with Crippen LogP contribution in [0, 0.1) is 5.92 Å². The second-order valence-corrected chi connectivity index (χ2v) is 8.01. The van der Waals surface area contributed by atoms with Crippen molar-refractivity contribution in [1.82, 2.24) is 9.62 Å². The number of nitrogens with zero attached hydrogens (tertiary/aromatic N) is 1. The Morgan fingerprint density at radius 1 is 1.24 bits per heavy atom. The standard InChI is InChI=1S/C16H23ClN2O5S/c1-23-14-4-3-13(9-15(14)24-2)25(21,22)19-7-5-12(6-8-19)11-18-16(20)10-17/h3-4,9,12H,5-8,10-11H2,1-2H3,(H,18,20). The van der Waals surface area contributed by atoms with E-state index in [0.717, 1.165) is 0 Å². The van der Waals surface area contributed by atoms with E-state index < -0.39 is 10.0 Å². The number of hydrogen-bond acceptors (Lipinski definition) is 5. The Kier molecular flexibility index (Phi) is 6.92. The van der Waals surface area contributed by atoms with Crippen LogP contribution in [0.5, 0.6) is 11.5 Å². The average Bonchev–Trinajstić information content (AvgIpc) is 2.65. The van der Waals surface area contributed by atoms with Gasteiger partial charge in [0, 0.05) is 25.7 Å². The van der Waals surface area contributed by atoms with Crippen molar-refractivity contribution in [2.24, 2.45) is 5.92 Å². The topological polar surface area (TPSA) is 84.9 Å². The molecular weight excluding hydrogens is 368 g/mol. The molecule has 1 heterocycles. The monoisotopic (exact) mass is 390 g/mol. The van der Waals surface area contributed by atoms with Gasteiger partial charge in [-0.3, -0.25) is 4.79 Å². The fraction of sp³-hybridized carbons (Fsp3) is 0.562. The molecule has 2 rings (SSSR count). The third-order valence-corrected chi connectivity index (χ3v) is 6.41. The molecule has 1 aromatic rings. The van der Waals surface area contributed by atoms with Crippen LogP contribution in [-0.4, -0.2) is 58.4 Å². The minimum atomic E-state index is -3.59. The SMILES string of the molecule is COc1ccc(S(=O)(=O)N2CCC(CNC(=O)CCl)CC2)cc1OC. The molecular formula is C16H23ClN2O5S. The van der Waals surface area contributed by atoms with Gasteiger partial charge in [0.25, 0.3) is 0 Å². The van der Waals surface area contributed by atoms with Gasteiger partial charge in [-0.2, -0.15) is 4.31 Å². The second kappa shape index (κ2) is 8.73. The number of hydrogen-bond donors (Lipinski definition) is 1. The van der Waals surface area contributed by atoms with Crippen molar-refractivity contribution >= 4 is 27.5 Å². The van der Waals surface area contributed by atoms with E-state index >= 15 is 0 Å². The summed E-state index contributed by atoms with van der Waals surface area (Å²) in [4.78, 5) is 11.4. The number of carbonyl (C=O) groups is 1. The largest absolute Gasteiger partial charge is 0.493 e. The third-order valence-electron chi connectivity index (χ3n) is 4.28. The first-order chi connectivity index (χ1) is 11.9. The molecule has 0 aromatic heterocycles. The first-order valence-corrected chi connectivity index (χ1v) is 9.94. The van der Waals surface area contributed by atoms with Gasteiger partial charge in [0.15, 0.2) is 11.5 Å². The van der Waals surface area contributed by atoms with Gasteiger partial charge in [0.05, 0.1) is 19.1 Å². The Morgan fingerprint density at radius 3 is 2.44 bits per heavy atom. The molecule has 0 atom stereocenters. The number of methoxy groups -OCH3 is 2. The summed E-state index contributed by atoms with van der Waals surface area (Å²) >= 11 is 5.45. The molecule has 1 aliphatic rings. The van der Waals surface area contributed by atoms with E-state index in [1.54, 1.807) is 6.07 Å². The summed E-state index contributed by atoms with van der Waals surface area (Å²) in [6.45, 7) is 1.35. The van der Waals surface area contributed by atoms with Gasteiger partial charge in [-0.1, -0.05) is 0 Å². The fourth-order valence-electron chi connectivity index (χ4n) is 2.79. The smallest absolute Gasteiger partial charge is 0.243 e. The lowest BCUT2D eigenvalue weighted by molar-refractivity contribution is -0.118. The molecule has 9 heteroatoms. The summed E-state index contributed by atoms with van der Waals surface area (Å²) in [5.41, 5.74) is 0. The zero-order valence-corrected chi connectivity index (χ0v) is 15.9. The number of ether oxygens (including phenoxy) is 2. The van der Waals surface area contributed by atoms with Crippen LogP contribution in [0.15, 0.2) is 23.1 Å². The summed E-state index contributed by atoms with van der Waals surface area (Å²) in [6.07, 6.45) is 1.38. The van der Waals surface area contributed by atoms with E-state index in [9.17, 15) is 13.2 Å². The second-order valence-electron chi connectivity index (χ2n) is 5.80. The van der Waals surface area contributed by atoms with Crippen LogP contribution in [0.3, 0.4) is 0 Å². The van der Waals surface area contributed by atoms with Crippen LogP contribution in [-0.2, 0) is 14.8 Å². The van der Waals surface area contributed by atoms with Crippen molar-refractivity contribution in [3.05, 3.63) is 18.2 Å². The van der Waals surface area contributed by atoms with Gasteiger partial charge in [-0.15, -0.1) is 11.6 Å². The highest BCUT2D eigenvalue weighted by atomic mass is 35.5. The molecule has 1 N–H and O–H groups in total. The molecule has 0 radical (unpaired) electrons. The van der Waals surface area contributed by atoms with Gasteiger partial charge in [-0.05, 0) is 30.9 Å². The maximum absolute atomic E-state index is 12.8. The third kappa shape index (κ3) is 4.77. The lowest BCUT2D eigenvalue weighted by Crippen LogP contribution is -2.41. The molecule has 1 aromatic carbocycles. The van der Waals surface area contributed by atoms with Gasteiger partial charge in [-0.25, -0.2) is 8.42 Å². The molecule has 1 saturated heterocycles. The van der Waals surface area contributed by atoms with E-state index in [1.165, 1.54) is 30.7 Å². The van der Waals surface area contributed by atoms with E-state index in [-0.39, 0.29) is 22.6 Å². The number of alkyl halides is 1. The van der Waals surface area contributed by atoms with Crippen molar-refractivity contribution in [2.75, 3.05) is 39.7 Å². The summed E-state index contributed by atoms with van der Waals surface area (Å²) in [5, 5.41) is 2.75. The van der Waals surface area contributed by atoms with Crippen LogP contribution in [0.4, 0.5) is 0 Å². The van der Waals surface area contributed by atoms with Crippen LogP contribution in [0.1, 0.15) is 12.8 Å². The number of piperidine rings is 1. The normalized spacial score (nSPS) is 16.4. The minimum absolute atomic E-state index is 0.0630. The summed E-state index contributed by atoms with van der Waals surface area (Å²) < 4.78 is 37.4. The van der Waals surface area contributed by atoms with Crippen molar-refractivity contribution in [3.8, 4) is 11.5 Å². The number of benzene rings is 1. The summed E-state index contributed by atoms with van der Waals surface area (Å²) in [5.74, 6) is 0.843. The zero-order chi connectivity index (χ0) is 18.4. The van der Waals surface area contributed by atoms with E-state index in [2.05, 4.69) is 5.32 Å². The maximum atomic E-state index is 12.8. The van der Waals surface area contributed by atoms with Crippen molar-refractivity contribution in [1.29, 1.82) is 0 Å². The predicted octanol–water partition coefficient (Wildman–Crippen LogP) is 1.46. The Morgan fingerprint density at radius 2 is 1.88 bits per heavy atom. The molecule has 0 aliphatic carbocycles. The molecule has 0 spiro atoms. The summed E-state index contributed by atoms with van der Waals surface area (Å²) in [7, 11) is -0.623. The molecule has 140 valence electrons. The van der Waals surface area contributed by atoms with Gasteiger partial charge in [0.1, 0.15) is 5.88 Å². The quantitative estimate of drug-likeness (QED) is 0.712. The highest BCUT2D eigenvalue weighted by molar-refractivity contribution is 7.89. The summed E-state index contributed by atoms with van der Waals surface area (Å²) in [6, 6.07) is 4.57. The number of rotatable bonds is 7. The number of carbonyl (C=O) groups excluding carboxylic acids is 1. The Bertz CT molecular complexity index is 702. The lowest BCUT2D eigenvalue weighted by Gasteiger charge is -2.31. The molecule has 1 fully saturated rings. The van der Waals surface area contributed by atoms with E-state index in [1.807, 2.05) is 0 Å². The molecule has 0 unspecified atom stereocenters. The van der Waals surface area contributed by atoms with Crippen LogP contribution in [0.25, 0.3) is 0 Å². The van der Waals surface area contributed by atoms with Crippen LogP contribution < -0.4 is 14.8 Å². The van der Waals surface area contributed by atoms with Gasteiger partial charge >= 0.3 is 0 Å². The van der Waals surface area contributed by atoms with Gasteiger partial charge < -0.3 is 14.8 Å². The zero-order valence-electron chi connectivity index (χ0n) is 14.3. The maximum Gasteiger partial charge on any atom is 0.243 e. The Hall–Kier alpha value is -1.51. The molecule has 1 aliphatic heterocycles. The minimum Gasteiger partial charge on any atom is -0.493 e. The van der Waals surface area contributed by atoms with Crippen molar-refractivity contribution in [2.45, 2.75) is 17.7 Å². The Balaban J connectivity index is 2.03. The molecule has 1 amide bonds. The first-order valence-electron chi connectivity index (χ1n) is 7.97. The molecule has 0 bridgehead atoms. The first kappa shape index (κ1) is 19.8. The van der Waals surface area contributed by atoms with Gasteiger partial charge in [0.2, 0.25) is 15.9 Å². The Labute approximate surface area is 153 Å². The fourth-order valence-corrected chi connectivity index (χ4v) is 4.37. The van der Waals surface area contributed by atoms with Crippen molar-refractivity contribution < 1.29 is 22.7 Å². The predicted molar refractivity (Wildman–Crippen MR) is 94.8 cm³/mol. The lowest BCUT2D eigenvalue weighted by atomic mass is 9.98. The number of amides is 1. The van der Waals surface area contributed by atoms with Crippen molar-refractivity contribution in [3.63, 3.8) is 0 Å². The molecule has 7 nitrogen and oxygen atoms in total. The van der Waals surface area contributed by atoms with E-state index in [0.29, 0.717) is 44.0 Å². The highest BCUT2D eigenvalue weighted by Gasteiger charge is 2.30. The number of nitrogens with one attached hydrogen (secondary N) is 1. The number of halogens is 1. The van der Waals surface area contributed by atoms with Crippen LogP contribution >= 0.6 is 11.6 Å². The molecule has 0 saturated carbocycles. The van der Waals surface area contributed by atoms with Crippen LogP contribution in [0.2, 0.25) is 0 Å². The highest BCUT2D eigenvalue weighted by Crippen LogP contribution is 2.31.